The lowest BCUT2D eigenvalue weighted by Gasteiger charge is -2.21. The number of hydrogen-bond donors (Lipinski definition) is 1. The highest BCUT2D eigenvalue weighted by Crippen LogP contribution is 2.36. The Balaban J connectivity index is 1.54. The van der Waals surface area contributed by atoms with Crippen molar-refractivity contribution in [2.24, 2.45) is 0 Å². The van der Waals surface area contributed by atoms with E-state index in [-0.39, 0.29) is 22.7 Å². The number of nitrogens with zero attached hydrogens (tertiary/aromatic N) is 3. The molecular weight excluding hydrogens is 494 g/mol. The lowest BCUT2D eigenvalue weighted by molar-refractivity contribution is 0.0456. The standard InChI is InChI=1S/C23H18F6N4O3/c1-11(14-5-4-12(19(24)21(26)27)7-15(14)20(25)22(28)29)33-10-13(9-30-33)31-23(34)16-8-18(36-32-16)17-3-2-6-35-17/h2-11,19-22H,1H3,(H,31,34). The zero-order valence-corrected chi connectivity index (χ0v) is 18.4. The SMILES string of the molecule is CC(c1ccc(C(F)C(F)F)cc1C(F)C(F)F)n1cc(NC(=O)c2cc(-c3ccco3)on2)cn1. The number of halogens is 6. The first-order valence-electron chi connectivity index (χ1n) is 10.5. The minimum Gasteiger partial charge on any atom is -0.461 e. The monoisotopic (exact) mass is 512 g/mol. The van der Waals surface area contributed by atoms with Crippen molar-refractivity contribution >= 4 is 11.6 Å². The van der Waals surface area contributed by atoms with Crippen molar-refractivity contribution < 1.29 is 40.1 Å². The van der Waals surface area contributed by atoms with Crippen LogP contribution in [0, 0.1) is 0 Å². The highest BCUT2D eigenvalue weighted by molar-refractivity contribution is 6.03. The van der Waals surface area contributed by atoms with Crippen LogP contribution in [0.4, 0.5) is 32.0 Å². The van der Waals surface area contributed by atoms with Gasteiger partial charge in [-0.05, 0) is 41.8 Å². The third kappa shape index (κ3) is 5.14. The largest absolute Gasteiger partial charge is 0.461 e. The Labute approximate surface area is 199 Å². The molecule has 0 aliphatic rings. The van der Waals surface area contributed by atoms with Gasteiger partial charge in [-0.1, -0.05) is 17.3 Å². The van der Waals surface area contributed by atoms with E-state index >= 15 is 0 Å². The quantitative estimate of drug-likeness (QED) is 0.257. The van der Waals surface area contributed by atoms with E-state index in [9.17, 15) is 31.1 Å². The fourth-order valence-corrected chi connectivity index (χ4v) is 3.53. The van der Waals surface area contributed by atoms with Gasteiger partial charge in [0.05, 0.1) is 24.2 Å². The Morgan fingerprint density at radius 1 is 0.972 bits per heavy atom. The van der Waals surface area contributed by atoms with Crippen LogP contribution in [0.1, 0.15) is 52.5 Å². The number of furan rings is 1. The fraction of sp³-hybridized carbons (Fsp3) is 0.261. The number of carbonyl (C=O) groups excluding carboxylic acids is 1. The van der Waals surface area contributed by atoms with Gasteiger partial charge in [-0.25, -0.2) is 26.3 Å². The molecule has 0 bridgehead atoms. The smallest absolute Gasteiger partial charge is 0.277 e. The molecule has 7 nitrogen and oxygen atoms in total. The summed E-state index contributed by atoms with van der Waals surface area (Å²) in [5.41, 5.74) is -1.13. The van der Waals surface area contributed by atoms with Gasteiger partial charge < -0.3 is 14.3 Å². The maximum absolute atomic E-state index is 14.3. The highest BCUT2D eigenvalue weighted by atomic mass is 19.3. The number of amides is 1. The molecule has 1 aromatic carbocycles. The van der Waals surface area contributed by atoms with E-state index in [4.69, 9.17) is 8.94 Å². The molecule has 13 heteroatoms. The third-order valence-corrected chi connectivity index (χ3v) is 5.38. The Morgan fingerprint density at radius 2 is 1.72 bits per heavy atom. The first kappa shape index (κ1) is 25.1. The van der Waals surface area contributed by atoms with Crippen LogP contribution >= 0.6 is 0 Å². The van der Waals surface area contributed by atoms with Crippen LogP contribution in [0.15, 0.2) is 64.0 Å². The van der Waals surface area contributed by atoms with Gasteiger partial charge in [0.15, 0.2) is 23.8 Å². The summed E-state index contributed by atoms with van der Waals surface area (Å²) in [4.78, 5) is 12.5. The molecule has 0 radical (unpaired) electrons. The predicted molar refractivity (Wildman–Crippen MR) is 114 cm³/mol. The second kappa shape index (κ2) is 10.3. The predicted octanol–water partition coefficient (Wildman–Crippen LogP) is 6.54. The lowest BCUT2D eigenvalue weighted by atomic mass is 9.94. The average molecular weight is 512 g/mol. The molecule has 36 heavy (non-hydrogen) atoms. The number of rotatable bonds is 9. The van der Waals surface area contributed by atoms with Crippen molar-refractivity contribution in [3.63, 3.8) is 0 Å². The molecule has 3 heterocycles. The number of nitrogens with one attached hydrogen (secondary N) is 1. The summed E-state index contributed by atoms with van der Waals surface area (Å²) >= 11 is 0. The van der Waals surface area contributed by atoms with Crippen molar-refractivity contribution in [3.8, 4) is 11.5 Å². The molecule has 3 aromatic heterocycles. The molecule has 0 aliphatic heterocycles. The summed E-state index contributed by atoms with van der Waals surface area (Å²) in [5, 5.41) is 10.3. The van der Waals surface area contributed by atoms with Crippen LogP contribution < -0.4 is 5.32 Å². The number of carbonyl (C=O) groups is 1. The van der Waals surface area contributed by atoms with Crippen LogP contribution in [0.25, 0.3) is 11.5 Å². The Morgan fingerprint density at radius 3 is 2.39 bits per heavy atom. The van der Waals surface area contributed by atoms with Crippen LogP contribution in [-0.4, -0.2) is 33.7 Å². The first-order valence-corrected chi connectivity index (χ1v) is 10.5. The highest BCUT2D eigenvalue weighted by Gasteiger charge is 2.30. The van der Waals surface area contributed by atoms with Gasteiger partial charge in [-0.15, -0.1) is 0 Å². The van der Waals surface area contributed by atoms with Gasteiger partial charge in [0.2, 0.25) is 5.76 Å². The van der Waals surface area contributed by atoms with Crippen LogP contribution in [0.2, 0.25) is 0 Å². The Bertz CT molecular complexity index is 1320. The summed E-state index contributed by atoms with van der Waals surface area (Å²) < 4.78 is 91.4. The van der Waals surface area contributed by atoms with Crippen molar-refractivity contribution in [3.05, 3.63) is 77.4 Å². The number of aromatic nitrogens is 3. The van der Waals surface area contributed by atoms with Crippen molar-refractivity contribution in [1.82, 2.24) is 14.9 Å². The molecule has 0 fully saturated rings. The summed E-state index contributed by atoms with van der Waals surface area (Å²) in [5.74, 6) is -0.0449. The van der Waals surface area contributed by atoms with Crippen LogP contribution in [0.3, 0.4) is 0 Å². The maximum atomic E-state index is 14.3. The second-order valence-electron chi connectivity index (χ2n) is 7.75. The lowest BCUT2D eigenvalue weighted by Crippen LogP contribution is -2.15. The molecule has 190 valence electrons. The number of anilines is 1. The van der Waals surface area contributed by atoms with Gasteiger partial charge in [-0.3, -0.25) is 9.48 Å². The fourth-order valence-electron chi connectivity index (χ4n) is 3.53. The third-order valence-electron chi connectivity index (χ3n) is 5.38. The molecular formula is C23H18F6N4O3. The number of alkyl halides is 6. The minimum atomic E-state index is -3.46. The number of hydrogen-bond acceptors (Lipinski definition) is 5. The molecule has 1 N–H and O–H groups in total. The Kier molecular flexibility index (Phi) is 7.17. The zero-order valence-electron chi connectivity index (χ0n) is 18.4. The van der Waals surface area contributed by atoms with E-state index in [1.54, 1.807) is 12.1 Å². The van der Waals surface area contributed by atoms with Gasteiger partial charge in [-0.2, -0.15) is 5.10 Å². The minimum absolute atomic E-state index is 0.0198. The number of benzene rings is 1. The van der Waals surface area contributed by atoms with Crippen molar-refractivity contribution in [1.29, 1.82) is 0 Å². The van der Waals surface area contributed by atoms with Crippen LogP contribution in [-0.2, 0) is 0 Å². The van der Waals surface area contributed by atoms with Crippen LogP contribution in [0.5, 0.6) is 0 Å². The normalized spacial score (nSPS) is 14.2. The first-order chi connectivity index (χ1) is 17.2. The molecule has 4 aromatic rings. The van der Waals surface area contributed by atoms with Gasteiger partial charge in [0.25, 0.3) is 18.8 Å². The molecule has 0 saturated carbocycles. The van der Waals surface area contributed by atoms with Crippen molar-refractivity contribution in [2.75, 3.05) is 5.32 Å². The molecule has 4 rings (SSSR count). The van der Waals surface area contributed by atoms with E-state index in [2.05, 4.69) is 15.6 Å². The van der Waals surface area contributed by atoms with E-state index in [1.165, 1.54) is 36.3 Å². The summed E-state index contributed by atoms with van der Waals surface area (Å²) in [6.07, 6.45) is -8.43. The van der Waals surface area contributed by atoms with Gasteiger partial charge in [0, 0.05) is 12.3 Å². The summed E-state index contributed by atoms with van der Waals surface area (Å²) in [6, 6.07) is 6.49. The molecule has 1 amide bonds. The zero-order chi connectivity index (χ0) is 26.0. The molecule has 3 unspecified atom stereocenters. The molecule has 0 spiro atoms. The summed E-state index contributed by atoms with van der Waals surface area (Å²) in [7, 11) is 0. The van der Waals surface area contributed by atoms with E-state index in [0.29, 0.717) is 11.8 Å². The van der Waals surface area contributed by atoms with Crippen molar-refractivity contribution in [2.45, 2.75) is 38.2 Å². The van der Waals surface area contributed by atoms with E-state index in [1.807, 2.05) is 0 Å². The average Bonchev–Trinajstić information content (AvgIpc) is 3.63. The van der Waals surface area contributed by atoms with E-state index in [0.717, 1.165) is 12.1 Å². The topological polar surface area (TPSA) is 86.1 Å². The molecule has 3 atom stereocenters. The second-order valence-corrected chi connectivity index (χ2v) is 7.75. The molecule has 0 aliphatic carbocycles. The molecule has 0 saturated heterocycles. The summed E-state index contributed by atoms with van der Waals surface area (Å²) in [6.45, 7) is 1.49. The van der Waals surface area contributed by atoms with Gasteiger partial charge in [0.1, 0.15) is 0 Å². The van der Waals surface area contributed by atoms with Gasteiger partial charge >= 0.3 is 0 Å². The maximum Gasteiger partial charge on any atom is 0.277 e. The Hall–Kier alpha value is -4.03. The van der Waals surface area contributed by atoms with E-state index < -0.39 is 48.3 Å².